The third-order valence-corrected chi connectivity index (χ3v) is 3.98. The number of carbonyl (C=O) groups is 1. The predicted octanol–water partition coefficient (Wildman–Crippen LogP) is 4.07. The van der Waals surface area contributed by atoms with Crippen molar-refractivity contribution in [1.82, 2.24) is 4.98 Å². The van der Waals surface area contributed by atoms with Crippen LogP contribution in [0.3, 0.4) is 0 Å². The molecule has 0 N–H and O–H groups in total. The van der Waals surface area contributed by atoms with Gasteiger partial charge in [0.05, 0.1) is 0 Å². The largest absolute Gasteiger partial charge is 0.289 e. The highest BCUT2D eigenvalue weighted by atomic mass is 127. The summed E-state index contributed by atoms with van der Waals surface area (Å²) in [6.07, 6.45) is 3.50. The van der Waals surface area contributed by atoms with Crippen molar-refractivity contribution in [2.75, 3.05) is 0 Å². The number of nitrogens with zero attached hydrogens (tertiary/aromatic N) is 1. The van der Waals surface area contributed by atoms with E-state index < -0.39 is 0 Å². The molecule has 0 atom stereocenters. The van der Waals surface area contributed by atoms with E-state index >= 15 is 0 Å². The Hall–Kier alpha value is -1.75. The molecule has 0 saturated carbocycles. The molecule has 1 aromatic heterocycles. The number of carbonyl (C=O) groups excluding carboxylic acids is 1. The lowest BCUT2D eigenvalue weighted by Gasteiger charge is -2.07. The van der Waals surface area contributed by atoms with Gasteiger partial charge in [-0.15, -0.1) is 0 Å². The molecule has 3 heteroatoms. The van der Waals surface area contributed by atoms with Gasteiger partial charge in [0.25, 0.3) is 0 Å². The number of benzene rings is 2. The first-order valence-corrected chi connectivity index (χ1v) is 6.97. The first-order chi connectivity index (χ1) is 9.27. The zero-order valence-electron chi connectivity index (χ0n) is 10.0. The molecular weight excluding hydrogens is 349 g/mol. The highest BCUT2D eigenvalue weighted by Gasteiger charge is 2.14. The summed E-state index contributed by atoms with van der Waals surface area (Å²) in [6.45, 7) is 0. The molecule has 2 aromatic carbocycles. The van der Waals surface area contributed by atoms with Gasteiger partial charge in [-0.3, -0.25) is 9.78 Å². The minimum Gasteiger partial charge on any atom is -0.289 e. The molecule has 0 aliphatic carbocycles. The van der Waals surface area contributed by atoms with Crippen molar-refractivity contribution < 1.29 is 4.79 Å². The van der Waals surface area contributed by atoms with E-state index in [1.807, 2.05) is 48.5 Å². The highest BCUT2D eigenvalue weighted by molar-refractivity contribution is 14.1. The van der Waals surface area contributed by atoms with Crippen LogP contribution in [0.1, 0.15) is 15.9 Å². The van der Waals surface area contributed by atoms with E-state index in [9.17, 15) is 4.79 Å². The van der Waals surface area contributed by atoms with E-state index in [1.54, 1.807) is 12.4 Å². The summed E-state index contributed by atoms with van der Waals surface area (Å²) in [6, 6.07) is 15.3. The molecule has 0 unspecified atom stereocenters. The number of aromatic nitrogens is 1. The van der Waals surface area contributed by atoms with Gasteiger partial charge >= 0.3 is 0 Å². The van der Waals surface area contributed by atoms with Crippen molar-refractivity contribution in [3.63, 3.8) is 0 Å². The Kier molecular flexibility index (Phi) is 3.29. The van der Waals surface area contributed by atoms with Crippen molar-refractivity contribution in [2.45, 2.75) is 0 Å². The molecule has 19 heavy (non-hydrogen) atoms. The molecule has 0 saturated heterocycles. The lowest BCUT2D eigenvalue weighted by atomic mass is 9.98. The highest BCUT2D eigenvalue weighted by Crippen LogP contribution is 2.22. The van der Waals surface area contributed by atoms with Gasteiger partial charge < -0.3 is 0 Å². The van der Waals surface area contributed by atoms with Crippen molar-refractivity contribution in [3.8, 4) is 0 Å². The van der Waals surface area contributed by atoms with Crippen LogP contribution in [0, 0.1) is 3.57 Å². The summed E-state index contributed by atoms with van der Waals surface area (Å²) in [4.78, 5) is 16.7. The van der Waals surface area contributed by atoms with Crippen LogP contribution in [-0.2, 0) is 0 Å². The van der Waals surface area contributed by atoms with Crippen LogP contribution in [0.25, 0.3) is 10.8 Å². The number of halogens is 1. The molecule has 0 bridgehead atoms. The zero-order chi connectivity index (χ0) is 13.2. The quantitative estimate of drug-likeness (QED) is 0.510. The Morgan fingerprint density at radius 1 is 0.947 bits per heavy atom. The maximum atomic E-state index is 12.7. The van der Waals surface area contributed by atoms with Gasteiger partial charge in [0.1, 0.15) is 0 Å². The van der Waals surface area contributed by atoms with E-state index in [-0.39, 0.29) is 5.78 Å². The first kappa shape index (κ1) is 12.3. The first-order valence-electron chi connectivity index (χ1n) is 5.89. The van der Waals surface area contributed by atoms with E-state index in [2.05, 4.69) is 27.6 Å². The average molecular weight is 359 g/mol. The van der Waals surface area contributed by atoms with Crippen LogP contribution in [-0.4, -0.2) is 10.8 Å². The Bertz CT molecular complexity index is 762. The molecule has 3 rings (SSSR count). The van der Waals surface area contributed by atoms with Crippen LogP contribution < -0.4 is 0 Å². The molecule has 0 aliphatic rings. The smallest absolute Gasteiger partial charge is 0.194 e. The fraction of sp³-hybridized carbons (Fsp3) is 0. The lowest BCUT2D eigenvalue weighted by Crippen LogP contribution is -2.04. The summed E-state index contributed by atoms with van der Waals surface area (Å²) in [5.74, 6) is 0.0572. The average Bonchev–Trinajstić information content (AvgIpc) is 2.46. The second-order valence-corrected chi connectivity index (χ2v) is 5.37. The molecule has 3 aromatic rings. The fourth-order valence-corrected chi connectivity index (χ4v) is 2.74. The number of hydrogen-bond acceptors (Lipinski definition) is 2. The SMILES string of the molecule is O=C(c1ccccc1I)c1cccc2cnccc12. The number of hydrogen-bond donors (Lipinski definition) is 0. The van der Waals surface area contributed by atoms with Gasteiger partial charge in [0, 0.05) is 32.5 Å². The second-order valence-electron chi connectivity index (χ2n) is 4.21. The number of fused-ring (bicyclic) bond motifs is 1. The number of ketones is 1. The van der Waals surface area contributed by atoms with Gasteiger partial charge in [-0.25, -0.2) is 0 Å². The van der Waals surface area contributed by atoms with E-state index in [4.69, 9.17) is 0 Å². The van der Waals surface area contributed by atoms with Gasteiger partial charge in [-0.2, -0.15) is 0 Å². The van der Waals surface area contributed by atoms with Gasteiger partial charge in [0.2, 0.25) is 0 Å². The van der Waals surface area contributed by atoms with E-state index in [0.717, 1.165) is 25.5 Å². The van der Waals surface area contributed by atoms with Crippen LogP contribution in [0.2, 0.25) is 0 Å². The molecule has 0 amide bonds. The number of pyridine rings is 1. The molecule has 0 aliphatic heterocycles. The maximum absolute atomic E-state index is 12.7. The van der Waals surface area contributed by atoms with Crippen molar-refractivity contribution in [1.29, 1.82) is 0 Å². The Labute approximate surface area is 124 Å². The van der Waals surface area contributed by atoms with E-state index in [1.165, 1.54) is 0 Å². The maximum Gasteiger partial charge on any atom is 0.194 e. The lowest BCUT2D eigenvalue weighted by molar-refractivity contribution is 0.103. The minimum absolute atomic E-state index is 0.0572. The van der Waals surface area contributed by atoms with Crippen molar-refractivity contribution in [3.05, 3.63) is 75.6 Å². The van der Waals surface area contributed by atoms with Gasteiger partial charge in [-0.1, -0.05) is 30.3 Å². The predicted molar refractivity (Wildman–Crippen MR) is 84.3 cm³/mol. The van der Waals surface area contributed by atoms with E-state index in [0.29, 0.717) is 0 Å². The van der Waals surface area contributed by atoms with Gasteiger partial charge in [-0.05, 0) is 46.2 Å². The molecule has 0 radical (unpaired) electrons. The Morgan fingerprint density at radius 2 is 1.74 bits per heavy atom. The monoisotopic (exact) mass is 359 g/mol. The standard InChI is InChI=1S/C16H10INO/c17-15-7-2-1-5-14(15)16(19)13-6-3-4-11-10-18-9-8-12(11)13/h1-10H. The summed E-state index contributed by atoms with van der Waals surface area (Å²) < 4.78 is 0.969. The van der Waals surface area contributed by atoms with Crippen LogP contribution in [0.5, 0.6) is 0 Å². The molecule has 2 nitrogen and oxygen atoms in total. The summed E-state index contributed by atoms with van der Waals surface area (Å²) >= 11 is 2.19. The molecule has 0 spiro atoms. The fourth-order valence-electron chi connectivity index (χ4n) is 2.11. The molecule has 0 fully saturated rings. The minimum atomic E-state index is 0.0572. The normalized spacial score (nSPS) is 10.6. The molecule has 1 heterocycles. The number of rotatable bonds is 2. The summed E-state index contributed by atoms with van der Waals surface area (Å²) in [7, 11) is 0. The molecule has 92 valence electrons. The van der Waals surface area contributed by atoms with Crippen LogP contribution >= 0.6 is 22.6 Å². The van der Waals surface area contributed by atoms with Crippen LogP contribution in [0.15, 0.2) is 60.9 Å². The van der Waals surface area contributed by atoms with Crippen LogP contribution in [0.4, 0.5) is 0 Å². The van der Waals surface area contributed by atoms with Crippen molar-refractivity contribution >= 4 is 39.1 Å². The topological polar surface area (TPSA) is 30.0 Å². The van der Waals surface area contributed by atoms with Gasteiger partial charge in [0.15, 0.2) is 5.78 Å². The third-order valence-electron chi connectivity index (χ3n) is 3.04. The Balaban J connectivity index is 2.20. The summed E-state index contributed by atoms with van der Waals surface area (Å²) in [5, 5.41) is 1.93. The Morgan fingerprint density at radius 3 is 2.58 bits per heavy atom. The molecular formula is C16H10INO. The zero-order valence-corrected chi connectivity index (χ0v) is 12.2. The second kappa shape index (κ2) is 5.09. The van der Waals surface area contributed by atoms with Crippen molar-refractivity contribution in [2.24, 2.45) is 0 Å². The summed E-state index contributed by atoms with van der Waals surface area (Å²) in [5.41, 5.74) is 1.47. The third kappa shape index (κ3) is 2.26.